The number of nitrogens with zero attached hydrogens (tertiary/aromatic N) is 2. The highest BCUT2D eigenvalue weighted by atomic mass is 16.3. The molecule has 7 nitrogen and oxygen atoms in total. The number of piperidine rings is 1. The molecule has 0 aromatic rings. The van der Waals surface area contributed by atoms with Crippen LogP contribution in [0.1, 0.15) is 25.7 Å². The second kappa shape index (κ2) is 7.72. The van der Waals surface area contributed by atoms with Crippen LogP contribution in [0.25, 0.3) is 0 Å². The van der Waals surface area contributed by atoms with Crippen molar-refractivity contribution in [2.24, 2.45) is 17.7 Å². The summed E-state index contributed by atoms with van der Waals surface area (Å²) in [7, 11) is 0. The Bertz CT molecular complexity index is 369. The number of rotatable bonds is 5. The van der Waals surface area contributed by atoms with Crippen molar-refractivity contribution in [2.45, 2.75) is 25.7 Å². The Morgan fingerprint density at radius 3 is 2.52 bits per heavy atom. The summed E-state index contributed by atoms with van der Waals surface area (Å²) in [6.07, 6.45) is 3.25. The van der Waals surface area contributed by atoms with E-state index in [1.165, 1.54) is 0 Å². The molecule has 0 aliphatic carbocycles. The summed E-state index contributed by atoms with van der Waals surface area (Å²) >= 11 is 0. The number of hydrazine groups is 1. The van der Waals surface area contributed by atoms with Crippen molar-refractivity contribution in [1.82, 2.24) is 15.2 Å². The minimum absolute atomic E-state index is 0.0697. The van der Waals surface area contributed by atoms with Gasteiger partial charge >= 0.3 is 0 Å². The van der Waals surface area contributed by atoms with E-state index in [2.05, 4.69) is 10.3 Å². The van der Waals surface area contributed by atoms with Gasteiger partial charge in [0.05, 0.1) is 6.54 Å². The van der Waals surface area contributed by atoms with E-state index >= 15 is 0 Å². The molecular weight excluding hydrogens is 272 g/mol. The lowest BCUT2D eigenvalue weighted by molar-refractivity contribution is -0.136. The van der Waals surface area contributed by atoms with Crippen LogP contribution < -0.4 is 11.3 Å². The average Bonchev–Trinajstić information content (AvgIpc) is 2.94. The first-order valence-corrected chi connectivity index (χ1v) is 7.75. The monoisotopic (exact) mass is 298 g/mol. The molecule has 2 aliphatic rings. The normalized spacial score (nSPS) is 24.3. The number of carbonyl (C=O) groups excluding carboxylic acids is 2. The standard InChI is InChI=1S/C14H26N4O3/c15-16-14(21)12-2-6-18(7-3-12)13(20)10-17-5-1-11(9-17)4-8-19/h11-12,19H,1-10,15H2,(H,16,21). The molecule has 0 radical (unpaired) electrons. The molecule has 21 heavy (non-hydrogen) atoms. The Morgan fingerprint density at radius 2 is 1.90 bits per heavy atom. The van der Waals surface area contributed by atoms with Gasteiger partial charge in [-0.15, -0.1) is 0 Å². The molecule has 2 saturated heterocycles. The third-order valence-corrected chi connectivity index (χ3v) is 4.63. The van der Waals surface area contributed by atoms with Gasteiger partial charge in [-0.2, -0.15) is 0 Å². The van der Waals surface area contributed by atoms with Crippen LogP contribution in [0.3, 0.4) is 0 Å². The van der Waals surface area contributed by atoms with Gasteiger partial charge in [0.1, 0.15) is 0 Å². The zero-order valence-corrected chi connectivity index (χ0v) is 12.5. The van der Waals surface area contributed by atoms with Crippen molar-refractivity contribution in [1.29, 1.82) is 0 Å². The molecule has 7 heteroatoms. The maximum absolute atomic E-state index is 12.3. The number of hydrogen-bond acceptors (Lipinski definition) is 5. The first-order valence-electron chi connectivity index (χ1n) is 7.75. The topological polar surface area (TPSA) is 98.9 Å². The lowest BCUT2D eigenvalue weighted by atomic mass is 9.96. The van der Waals surface area contributed by atoms with Crippen LogP contribution in [0, 0.1) is 11.8 Å². The highest BCUT2D eigenvalue weighted by Gasteiger charge is 2.29. The molecule has 2 amide bonds. The van der Waals surface area contributed by atoms with Gasteiger partial charge in [-0.3, -0.25) is 19.9 Å². The zero-order chi connectivity index (χ0) is 15.2. The predicted octanol–water partition coefficient (Wildman–Crippen LogP) is -1.08. The summed E-state index contributed by atoms with van der Waals surface area (Å²) in [5.74, 6) is 5.60. The van der Waals surface area contributed by atoms with Gasteiger partial charge in [0, 0.05) is 32.2 Å². The lowest BCUT2D eigenvalue weighted by Gasteiger charge is -2.32. The van der Waals surface area contributed by atoms with Gasteiger partial charge in [0.15, 0.2) is 0 Å². The molecule has 2 aliphatic heterocycles. The first kappa shape index (κ1) is 16.2. The second-order valence-corrected chi connectivity index (χ2v) is 6.07. The fourth-order valence-corrected chi connectivity index (χ4v) is 3.27. The van der Waals surface area contributed by atoms with Crippen molar-refractivity contribution >= 4 is 11.8 Å². The van der Waals surface area contributed by atoms with E-state index in [1.54, 1.807) is 0 Å². The molecule has 1 atom stereocenters. The molecule has 0 aromatic heterocycles. The smallest absolute Gasteiger partial charge is 0.237 e. The van der Waals surface area contributed by atoms with Crippen molar-refractivity contribution in [3.8, 4) is 0 Å². The molecule has 0 saturated carbocycles. The van der Waals surface area contributed by atoms with Crippen molar-refractivity contribution in [3.63, 3.8) is 0 Å². The maximum Gasteiger partial charge on any atom is 0.237 e. The van der Waals surface area contributed by atoms with E-state index in [-0.39, 0.29) is 24.3 Å². The van der Waals surface area contributed by atoms with Crippen LogP contribution in [-0.2, 0) is 9.59 Å². The maximum atomic E-state index is 12.3. The van der Waals surface area contributed by atoms with Crippen LogP contribution in [0.5, 0.6) is 0 Å². The molecule has 1 unspecified atom stereocenters. The summed E-state index contributed by atoms with van der Waals surface area (Å²) < 4.78 is 0. The van der Waals surface area contributed by atoms with Gasteiger partial charge in [-0.25, -0.2) is 5.84 Å². The van der Waals surface area contributed by atoms with E-state index in [9.17, 15) is 9.59 Å². The Hall–Kier alpha value is -1.18. The molecule has 2 rings (SSSR count). The molecular formula is C14H26N4O3. The molecule has 2 heterocycles. The SMILES string of the molecule is NNC(=O)C1CCN(C(=O)CN2CCC(CCO)C2)CC1. The zero-order valence-electron chi connectivity index (χ0n) is 12.5. The molecule has 120 valence electrons. The van der Waals surface area contributed by atoms with Crippen LogP contribution >= 0.6 is 0 Å². The number of aliphatic hydroxyl groups excluding tert-OH is 1. The van der Waals surface area contributed by atoms with Crippen LogP contribution in [0.15, 0.2) is 0 Å². The van der Waals surface area contributed by atoms with E-state index in [0.717, 1.165) is 25.9 Å². The van der Waals surface area contributed by atoms with Gasteiger partial charge in [0.2, 0.25) is 11.8 Å². The number of amides is 2. The van der Waals surface area contributed by atoms with E-state index in [4.69, 9.17) is 10.9 Å². The largest absolute Gasteiger partial charge is 0.396 e. The molecule has 4 N–H and O–H groups in total. The lowest BCUT2D eigenvalue weighted by Crippen LogP contribution is -2.47. The van der Waals surface area contributed by atoms with Crippen LogP contribution in [0.2, 0.25) is 0 Å². The van der Waals surface area contributed by atoms with E-state index in [0.29, 0.717) is 38.4 Å². The fraction of sp³-hybridized carbons (Fsp3) is 0.857. The van der Waals surface area contributed by atoms with Gasteiger partial charge < -0.3 is 10.0 Å². The third-order valence-electron chi connectivity index (χ3n) is 4.63. The summed E-state index contributed by atoms with van der Waals surface area (Å²) in [5.41, 5.74) is 2.18. The number of hydrogen-bond donors (Lipinski definition) is 3. The minimum atomic E-state index is -0.131. The first-order chi connectivity index (χ1) is 10.1. The molecule has 0 bridgehead atoms. The molecule has 0 aromatic carbocycles. The van der Waals surface area contributed by atoms with Gasteiger partial charge in [-0.1, -0.05) is 0 Å². The average molecular weight is 298 g/mol. The summed E-state index contributed by atoms with van der Waals surface area (Å²) in [6.45, 7) is 3.77. The summed E-state index contributed by atoms with van der Waals surface area (Å²) in [6, 6.07) is 0. The Morgan fingerprint density at radius 1 is 1.19 bits per heavy atom. The number of carbonyl (C=O) groups is 2. The van der Waals surface area contributed by atoms with Crippen molar-refractivity contribution in [3.05, 3.63) is 0 Å². The Kier molecular flexibility index (Phi) is 5.96. The fourth-order valence-electron chi connectivity index (χ4n) is 3.27. The van der Waals surface area contributed by atoms with Crippen LogP contribution in [-0.4, -0.2) is 66.1 Å². The quantitative estimate of drug-likeness (QED) is 0.341. The number of likely N-dealkylation sites (tertiary alicyclic amines) is 2. The van der Waals surface area contributed by atoms with E-state index in [1.807, 2.05) is 4.90 Å². The highest BCUT2D eigenvalue weighted by Crippen LogP contribution is 2.20. The molecule has 2 fully saturated rings. The second-order valence-electron chi connectivity index (χ2n) is 6.07. The van der Waals surface area contributed by atoms with Crippen molar-refractivity contribution < 1.29 is 14.7 Å². The third kappa shape index (κ3) is 4.39. The highest BCUT2D eigenvalue weighted by molar-refractivity contribution is 5.80. The van der Waals surface area contributed by atoms with Crippen LogP contribution in [0.4, 0.5) is 0 Å². The summed E-state index contributed by atoms with van der Waals surface area (Å²) in [4.78, 5) is 27.7. The van der Waals surface area contributed by atoms with Gasteiger partial charge in [-0.05, 0) is 38.1 Å². The number of nitrogens with one attached hydrogen (secondary N) is 1. The Labute approximate surface area is 125 Å². The minimum Gasteiger partial charge on any atom is -0.396 e. The number of aliphatic hydroxyl groups is 1. The van der Waals surface area contributed by atoms with Gasteiger partial charge in [0.25, 0.3) is 0 Å². The number of nitrogens with two attached hydrogens (primary N) is 1. The summed E-state index contributed by atoms with van der Waals surface area (Å²) in [5, 5.41) is 8.95. The predicted molar refractivity (Wildman–Crippen MR) is 77.9 cm³/mol. The van der Waals surface area contributed by atoms with Crippen molar-refractivity contribution in [2.75, 3.05) is 39.3 Å². The van der Waals surface area contributed by atoms with E-state index < -0.39 is 0 Å². The molecule has 0 spiro atoms. The Balaban J connectivity index is 1.72.